The van der Waals surface area contributed by atoms with Crippen LogP contribution in [0.4, 0.5) is 0 Å². The van der Waals surface area contributed by atoms with Crippen LogP contribution in [0, 0.1) is 5.92 Å². The van der Waals surface area contributed by atoms with E-state index in [1.54, 1.807) is 23.6 Å². The topological polar surface area (TPSA) is 39.2 Å². The van der Waals surface area contributed by atoms with Gasteiger partial charge in [-0.1, -0.05) is 26.7 Å². The van der Waals surface area contributed by atoms with Crippen molar-refractivity contribution in [1.82, 2.24) is 4.98 Å². The molecule has 0 aliphatic carbocycles. The lowest BCUT2D eigenvalue weighted by molar-refractivity contribution is 0.0520. The van der Waals surface area contributed by atoms with Crippen LogP contribution in [0.15, 0.2) is 5.38 Å². The average Bonchev–Trinajstić information content (AvgIpc) is 2.67. The first-order valence-electron chi connectivity index (χ1n) is 5.78. The summed E-state index contributed by atoms with van der Waals surface area (Å²) in [4.78, 5) is 15.7. The number of thiazole rings is 1. The maximum atomic E-state index is 11.4. The number of carbonyl (C=O) groups excluding carboxylic acids is 1. The van der Waals surface area contributed by atoms with Gasteiger partial charge in [0.1, 0.15) is 0 Å². The van der Waals surface area contributed by atoms with Gasteiger partial charge in [-0.25, -0.2) is 9.78 Å². The number of esters is 1. The van der Waals surface area contributed by atoms with E-state index in [0.29, 0.717) is 18.2 Å². The molecule has 0 fully saturated rings. The Bertz CT molecular complexity index is 336. The molecule has 0 spiro atoms. The van der Waals surface area contributed by atoms with E-state index in [2.05, 4.69) is 18.8 Å². The Hall–Kier alpha value is -0.900. The fourth-order valence-corrected chi connectivity index (χ4v) is 2.52. The molecule has 1 unspecified atom stereocenters. The molecular weight excluding hydrogens is 222 g/mol. The third-order valence-electron chi connectivity index (χ3n) is 2.34. The van der Waals surface area contributed by atoms with Gasteiger partial charge in [0.05, 0.1) is 11.6 Å². The third-order valence-corrected chi connectivity index (χ3v) is 3.21. The van der Waals surface area contributed by atoms with Gasteiger partial charge in [-0.15, -0.1) is 11.3 Å². The summed E-state index contributed by atoms with van der Waals surface area (Å²) in [6, 6.07) is 0. The van der Waals surface area contributed by atoms with Crippen LogP contribution in [0.3, 0.4) is 0 Å². The minimum Gasteiger partial charge on any atom is -0.461 e. The van der Waals surface area contributed by atoms with Crippen molar-refractivity contribution in [3.8, 4) is 0 Å². The molecule has 0 amide bonds. The number of hydrogen-bond donors (Lipinski definition) is 0. The zero-order valence-corrected chi connectivity index (χ0v) is 11.0. The monoisotopic (exact) mass is 241 g/mol. The molecule has 0 N–H and O–H groups in total. The second kappa shape index (κ2) is 6.63. The van der Waals surface area contributed by atoms with E-state index in [0.717, 1.165) is 11.4 Å². The van der Waals surface area contributed by atoms with Crippen LogP contribution in [0.1, 0.15) is 49.1 Å². The molecule has 90 valence electrons. The highest BCUT2D eigenvalue weighted by Gasteiger charge is 2.12. The van der Waals surface area contributed by atoms with Crippen molar-refractivity contribution in [2.45, 2.75) is 40.0 Å². The molecule has 0 saturated carbocycles. The lowest BCUT2D eigenvalue weighted by Gasteiger charge is -2.06. The molecule has 1 atom stereocenters. The van der Waals surface area contributed by atoms with Crippen molar-refractivity contribution in [1.29, 1.82) is 0 Å². The number of aromatic nitrogens is 1. The molecular formula is C12H19NO2S. The van der Waals surface area contributed by atoms with E-state index in [1.165, 1.54) is 12.8 Å². The van der Waals surface area contributed by atoms with Crippen molar-refractivity contribution in [2.75, 3.05) is 6.61 Å². The van der Waals surface area contributed by atoms with Crippen LogP contribution in [0.2, 0.25) is 0 Å². The van der Waals surface area contributed by atoms with Gasteiger partial charge in [0.25, 0.3) is 0 Å². The van der Waals surface area contributed by atoms with Crippen molar-refractivity contribution >= 4 is 17.3 Å². The standard InChI is InChI=1S/C12H19NO2S/c1-4-6-9(3)7-11-13-10(8-16-11)12(14)15-5-2/h8-9H,4-7H2,1-3H3. The molecule has 3 nitrogen and oxygen atoms in total. The van der Waals surface area contributed by atoms with Crippen LogP contribution in [0.25, 0.3) is 0 Å². The summed E-state index contributed by atoms with van der Waals surface area (Å²) in [5.41, 5.74) is 0.450. The first-order chi connectivity index (χ1) is 7.67. The largest absolute Gasteiger partial charge is 0.461 e. The molecule has 0 radical (unpaired) electrons. The quantitative estimate of drug-likeness (QED) is 0.717. The summed E-state index contributed by atoms with van der Waals surface area (Å²) in [6.07, 6.45) is 3.35. The average molecular weight is 241 g/mol. The van der Waals surface area contributed by atoms with Crippen molar-refractivity contribution in [2.24, 2.45) is 5.92 Å². The van der Waals surface area contributed by atoms with Gasteiger partial charge < -0.3 is 4.74 Å². The molecule has 0 aliphatic rings. The van der Waals surface area contributed by atoms with Gasteiger partial charge in [0.2, 0.25) is 0 Å². The number of nitrogens with zero attached hydrogens (tertiary/aromatic N) is 1. The first kappa shape index (κ1) is 13.2. The van der Waals surface area contributed by atoms with Gasteiger partial charge in [0, 0.05) is 11.8 Å². The van der Waals surface area contributed by atoms with E-state index in [9.17, 15) is 4.79 Å². The minimum atomic E-state index is -0.312. The SMILES string of the molecule is CCCC(C)Cc1nc(C(=O)OCC)cs1. The second-order valence-electron chi connectivity index (χ2n) is 3.94. The normalized spacial score (nSPS) is 12.4. The van der Waals surface area contributed by atoms with Crippen LogP contribution < -0.4 is 0 Å². The molecule has 0 aromatic carbocycles. The number of hydrogen-bond acceptors (Lipinski definition) is 4. The Labute approximate surface area is 101 Å². The van der Waals surface area contributed by atoms with Crippen molar-refractivity contribution in [3.05, 3.63) is 16.1 Å². The predicted octanol–water partition coefficient (Wildman–Crippen LogP) is 3.30. The highest BCUT2D eigenvalue weighted by atomic mass is 32.1. The lowest BCUT2D eigenvalue weighted by Crippen LogP contribution is -2.05. The Balaban J connectivity index is 2.54. The lowest BCUT2D eigenvalue weighted by atomic mass is 10.0. The minimum absolute atomic E-state index is 0.312. The van der Waals surface area contributed by atoms with Crippen LogP contribution >= 0.6 is 11.3 Å². The summed E-state index contributed by atoms with van der Waals surface area (Å²) in [5, 5.41) is 2.82. The number of carbonyl (C=O) groups is 1. The molecule has 1 aromatic heterocycles. The van der Waals surface area contributed by atoms with Gasteiger partial charge in [-0.2, -0.15) is 0 Å². The van der Waals surface area contributed by atoms with Gasteiger partial charge in [0.15, 0.2) is 5.69 Å². The van der Waals surface area contributed by atoms with E-state index in [-0.39, 0.29) is 5.97 Å². The molecule has 0 bridgehead atoms. The summed E-state index contributed by atoms with van der Waals surface area (Å²) in [6.45, 7) is 6.60. The number of ether oxygens (including phenoxy) is 1. The zero-order valence-electron chi connectivity index (χ0n) is 10.2. The van der Waals surface area contributed by atoms with Crippen LogP contribution in [0.5, 0.6) is 0 Å². The van der Waals surface area contributed by atoms with E-state index < -0.39 is 0 Å². The zero-order chi connectivity index (χ0) is 12.0. The summed E-state index contributed by atoms with van der Waals surface area (Å²) in [7, 11) is 0. The van der Waals surface area contributed by atoms with Crippen molar-refractivity contribution < 1.29 is 9.53 Å². The van der Waals surface area contributed by atoms with Gasteiger partial charge in [-0.3, -0.25) is 0 Å². The molecule has 1 rings (SSSR count). The molecule has 16 heavy (non-hydrogen) atoms. The molecule has 4 heteroatoms. The summed E-state index contributed by atoms with van der Waals surface area (Å²) in [5.74, 6) is 0.319. The van der Waals surface area contributed by atoms with E-state index >= 15 is 0 Å². The van der Waals surface area contributed by atoms with Crippen LogP contribution in [-0.2, 0) is 11.2 Å². The van der Waals surface area contributed by atoms with Gasteiger partial charge in [-0.05, 0) is 12.8 Å². The Morgan fingerprint density at radius 3 is 2.94 bits per heavy atom. The highest BCUT2D eigenvalue weighted by molar-refractivity contribution is 7.09. The predicted molar refractivity (Wildman–Crippen MR) is 65.8 cm³/mol. The molecule has 1 aromatic rings. The van der Waals surface area contributed by atoms with Crippen LogP contribution in [-0.4, -0.2) is 17.6 Å². The maximum absolute atomic E-state index is 11.4. The Kier molecular flexibility index (Phi) is 5.46. The molecule has 1 heterocycles. The maximum Gasteiger partial charge on any atom is 0.357 e. The summed E-state index contributed by atoms with van der Waals surface area (Å²) < 4.78 is 4.90. The smallest absolute Gasteiger partial charge is 0.357 e. The second-order valence-corrected chi connectivity index (χ2v) is 4.89. The molecule has 0 saturated heterocycles. The molecule has 0 aliphatic heterocycles. The van der Waals surface area contributed by atoms with E-state index in [1.807, 2.05) is 0 Å². The van der Waals surface area contributed by atoms with E-state index in [4.69, 9.17) is 4.74 Å². The van der Waals surface area contributed by atoms with Crippen molar-refractivity contribution in [3.63, 3.8) is 0 Å². The third kappa shape index (κ3) is 3.93. The first-order valence-corrected chi connectivity index (χ1v) is 6.66. The summed E-state index contributed by atoms with van der Waals surface area (Å²) >= 11 is 1.55. The number of rotatable bonds is 6. The van der Waals surface area contributed by atoms with Gasteiger partial charge >= 0.3 is 5.97 Å². The fourth-order valence-electron chi connectivity index (χ4n) is 1.60. The Morgan fingerprint density at radius 2 is 2.31 bits per heavy atom. The highest BCUT2D eigenvalue weighted by Crippen LogP contribution is 2.17. The Morgan fingerprint density at radius 1 is 1.56 bits per heavy atom. The fraction of sp³-hybridized carbons (Fsp3) is 0.667.